The fraction of sp³-hybridized carbons (Fsp3) is 0.400. The maximum absolute atomic E-state index is 12.8. The Kier molecular flexibility index (Phi) is 5.03. The maximum Gasteiger partial charge on any atom is 0.263 e. The van der Waals surface area contributed by atoms with Crippen molar-refractivity contribution in [2.45, 2.75) is 19.3 Å². The lowest BCUT2D eigenvalue weighted by atomic mass is 10.00. The molecule has 2 aromatic heterocycles. The van der Waals surface area contributed by atoms with Crippen molar-refractivity contribution in [3.05, 3.63) is 42.2 Å². The average molecular weight is 372 g/mol. The first-order valence-corrected chi connectivity index (χ1v) is 9.13. The molecule has 1 aromatic carbocycles. The van der Waals surface area contributed by atoms with Gasteiger partial charge in [-0.15, -0.1) is 0 Å². The molecular weight excluding hydrogens is 350 g/mol. The molecule has 1 N–H and O–H groups in total. The zero-order valence-corrected chi connectivity index (χ0v) is 15.2. The summed E-state index contributed by atoms with van der Waals surface area (Å²) in [5, 5.41) is 0.931. The van der Waals surface area contributed by atoms with Crippen molar-refractivity contribution in [1.82, 2.24) is 15.0 Å². The first-order chi connectivity index (χ1) is 13.1. The van der Waals surface area contributed by atoms with Crippen molar-refractivity contribution < 1.29 is 13.5 Å². The fourth-order valence-corrected chi connectivity index (χ4v) is 3.60. The molecule has 1 aliphatic rings. The monoisotopic (exact) mass is 372 g/mol. The molecule has 0 radical (unpaired) electrons. The Balaban J connectivity index is 1.61. The molecule has 0 aliphatic carbocycles. The standard InChI is InChI=1S/C20H22F2N4O/c1-26(11-13-6-8-27-9-7-13)20-16-10-17(25-19(16)23-12-24-20)14-2-4-15(5-3-14)18(21)22/h2-5,10,12-13,18H,6-9,11H2,1H3,(H,23,24,25). The lowest BCUT2D eigenvalue weighted by Crippen LogP contribution is -2.30. The van der Waals surface area contributed by atoms with Gasteiger partial charge in [-0.05, 0) is 30.4 Å². The van der Waals surface area contributed by atoms with E-state index in [0.717, 1.165) is 60.7 Å². The van der Waals surface area contributed by atoms with Crippen LogP contribution in [0, 0.1) is 5.92 Å². The van der Waals surface area contributed by atoms with Gasteiger partial charge in [-0.3, -0.25) is 0 Å². The smallest absolute Gasteiger partial charge is 0.263 e. The first kappa shape index (κ1) is 17.9. The summed E-state index contributed by atoms with van der Waals surface area (Å²) < 4.78 is 31.0. The number of nitrogens with zero attached hydrogens (tertiary/aromatic N) is 3. The number of aromatic nitrogens is 3. The highest BCUT2D eigenvalue weighted by atomic mass is 19.3. The molecule has 0 spiro atoms. The number of hydrogen-bond acceptors (Lipinski definition) is 4. The third-order valence-corrected chi connectivity index (χ3v) is 5.11. The summed E-state index contributed by atoms with van der Waals surface area (Å²) in [7, 11) is 2.04. The third-order valence-electron chi connectivity index (χ3n) is 5.11. The van der Waals surface area contributed by atoms with E-state index in [1.54, 1.807) is 18.5 Å². The Morgan fingerprint density at radius 3 is 2.63 bits per heavy atom. The van der Waals surface area contributed by atoms with Gasteiger partial charge in [0, 0.05) is 38.1 Å². The van der Waals surface area contributed by atoms with Crippen LogP contribution >= 0.6 is 0 Å². The second-order valence-electron chi connectivity index (χ2n) is 7.00. The van der Waals surface area contributed by atoms with Crippen LogP contribution in [0.25, 0.3) is 22.3 Å². The molecule has 1 aliphatic heterocycles. The van der Waals surface area contributed by atoms with Gasteiger partial charge >= 0.3 is 0 Å². The quantitative estimate of drug-likeness (QED) is 0.720. The summed E-state index contributed by atoms with van der Waals surface area (Å²) in [6.45, 7) is 2.56. The van der Waals surface area contributed by atoms with Crippen molar-refractivity contribution in [1.29, 1.82) is 0 Å². The van der Waals surface area contributed by atoms with Gasteiger partial charge in [0.25, 0.3) is 6.43 Å². The van der Waals surface area contributed by atoms with E-state index in [2.05, 4.69) is 19.9 Å². The molecule has 0 amide bonds. The SMILES string of the molecule is CN(CC1CCOCC1)c1ncnc2[nH]c(-c3ccc(C(F)F)cc3)cc12. The molecule has 7 heteroatoms. The van der Waals surface area contributed by atoms with Gasteiger partial charge in [0.1, 0.15) is 17.8 Å². The number of H-pyrrole nitrogens is 1. The molecule has 0 bridgehead atoms. The van der Waals surface area contributed by atoms with Gasteiger partial charge < -0.3 is 14.6 Å². The van der Waals surface area contributed by atoms with Crippen LogP contribution in [0.1, 0.15) is 24.8 Å². The van der Waals surface area contributed by atoms with Crippen LogP contribution in [0.2, 0.25) is 0 Å². The van der Waals surface area contributed by atoms with E-state index >= 15 is 0 Å². The van der Waals surface area contributed by atoms with Crippen LogP contribution < -0.4 is 4.90 Å². The summed E-state index contributed by atoms with van der Waals surface area (Å²) in [5.41, 5.74) is 2.45. The third kappa shape index (κ3) is 3.78. The van der Waals surface area contributed by atoms with Gasteiger partial charge in [0.15, 0.2) is 0 Å². The van der Waals surface area contributed by atoms with Gasteiger partial charge in [-0.2, -0.15) is 0 Å². The minimum Gasteiger partial charge on any atom is -0.381 e. The van der Waals surface area contributed by atoms with E-state index in [9.17, 15) is 8.78 Å². The zero-order chi connectivity index (χ0) is 18.8. The number of halogens is 2. The predicted molar refractivity (Wildman–Crippen MR) is 101 cm³/mol. The molecule has 1 fully saturated rings. The van der Waals surface area contributed by atoms with Gasteiger partial charge in [0.05, 0.1) is 5.39 Å². The lowest BCUT2D eigenvalue weighted by Gasteiger charge is -2.27. The molecule has 0 saturated carbocycles. The summed E-state index contributed by atoms with van der Waals surface area (Å²) >= 11 is 0. The Bertz CT molecular complexity index is 904. The Hall–Kier alpha value is -2.54. The Morgan fingerprint density at radius 1 is 1.19 bits per heavy atom. The molecule has 0 atom stereocenters. The second-order valence-corrected chi connectivity index (χ2v) is 7.00. The average Bonchev–Trinajstić information content (AvgIpc) is 3.13. The van der Waals surface area contributed by atoms with E-state index in [4.69, 9.17) is 4.74 Å². The van der Waals surface area contributed by atoms with Gasteiger partial charge in [-0.25, -0.2) is 18.7 Å². The molecular formula is C20H22F2N4O. The first-order valence-electron chi connectivity index (χ1n) is 9.13. The van der Waals surface area contributed by atoms with Crippen LogP contribution in [-0.2, 0) is 4.74 Å². The molecule has 27 heavy (non-hydrogen) atoms. The van der Waals surface area contributed by atoms with E-state index in [1.807, 2.05) is 13.1 Å². The zero-order valence-electron chi connectivity index (χ0n) is 15.2. The van der Waals surface area contributed by atoms with E-state index in [-0.39, 0.29) is 5.56 Å². The molecule has 1 saturated heterocycles. The minimum absolute atomic E-state index is 0.0199. The molecule has 0 unspecified atom stereocenters. The number of aromatic amines is 1. The molecule has 3 aromatic rings. The topological polar surface area (TPSA) is 54.0 Å². The molecule has 5 nitrogen and oxygen atoms in total. The van der Waals surface area contributed by atoms with Crippen molar-refractivity contribution >= 4 is 16.9 Å². The number of rotatable bonds is 5. The fourth-order valence-electron chi connectivity index (χ4n) is 3.60. The maximum atomic E-state index is 12.8. The molecule has 142 valence electrons. The highest BCUT2D eigenvalue weighted by molar-refractivity contribution is 5.91. The van der Waals surface area contributed by atoms with Crippen molar-refractivity contribution in [3.63, 3.8) is 0 Å². The summed E-state index contributed by atoms with van der Waals surface area (Å²) in [5.74, 6) is 1.47. The molecule has 4 rings (SSSR count). The van der Waals surface area contributed by atoms with Crippen LogP contribution in [0.15, 0.2) is 36.7 Å². The number of alkyl halides is 2. The number of hydrogen-bond donors (Lipinski definition) is 1. The van der Waals surface area contributed by atoms with Crippen LogP contribution in [-0.4, -0.2) is 41.8 Å². The second kappa shape index (κ2) is 7.60. The van der Waals surface area contributed by atoms with E-state index < -0.39 is 6.43 Å². The highest BCUT2D eigenvalue weighted by Gasteiger charge is 2.19. The Labute approximate surface area is 156 Å². The van der Waals surface area contributed by atoms with E-state index in [0.29, 0.717) is 5.92 Å². The predicted octanol–water partition coefficient (Wildman–Crippen LogP) is 4.43. The minimum atomic E-state index is -2.46. The number of nitrogens with one attached hydrogen (secondary N) is 1. The lowest BCUT2D eigenvalue weighted by molar-refractivity contribution is 0.0685. The van der Waals surface area contributed by atoms with Gasteiger partial charge in [-0.1, -0.05) is 24.3 Å². The van der Waals surface area contributed by atoms with Crippen molar-refractivity contribution in [3.8, 4) is 11.3 Å². The largest absolute Gasteiger partial charge is 0.381 e. The number of anilines is 1. The number of benzene rings is 1. The summed E-state index contributed by atoms with van der Waals surface area (Å²) in [6.07, 6.45) is 1.22. The van der Waals surface area contributed by atoms with Crippen LogP contribution in [0.4, 0.5) is 14.6 Å². The van der Waals surface area contributed by atoms with Crippen molar-refractivity contribution in [2.24, 2.45) is 5.92 Å². The van der Waals surface area contributed by atoms with Crippen molar-refractivity contribution in [2.75, 3.05) is 31.7 Å². The van der Waals surface area contributed by atoms with E-state index in [1.165, 1.54) is 12.1 Å². The normalized spacial score (nSPS) is 15.6. The molecule has 3 heterocycles. The highest BCUT2D eigenvalue weighted by Crippen LogP contribution is 2.30. The Morgan fingerprint density at radius 2 is 1.93 bits per heavy atom. The van der Waals surface area contributed by atoms with Crippen LogP contribution in [0.5, 0.6) is 0 Å². The summed E-state index contributed by atoms with van der Waals surface area (Å²) in [6, 6.07) is 8.30. The number of ether oxygens (including phenoxy) is 1. The number of fused-ring (bicyclic) bond motifs is 1. The van der Waals surface area contributed by atoms with Gasteiger partial charge in [0.2, 0.25) is 0 Å². The summed E-state index contributed by atoms with van der Waals surface area (Å²) in [4.78, 5) is 14.2. The van der Waals surface area contributed by atoms with Crippen LogP contribution in [0.3, 0.4) is 0 Å².